The number of hydrogen-bond donors (Lipinski definition) is 2. The number of carbonyl (C=O) groups excluding carboxylic acids is 1. The molecular weight excluding hydrogens is 384 g/mol. The molecule has 3 rings (SSSR count). The SMILES string of the molecule is CCCOc1ccc2cc(C(=O)NNS(=O)(=O)c3ccccc3)c(=O)oc2c1. The minimum absolute atomic E-state index is 0.0274. The summed E-state index contributed by atoms with van der Waals surface area (Å²) in [7, 11) is -3.96. The van der Waals surface area contributed by atoms with E-state index < -0.39 is 21.6 Å². The Morgan fingerprint density at radius 2 is 1.86 bits per heavy atom. The molecule has 0 fully saturated rings. The highest BCUT2D eigenvalue weighted by atomic mass is 32.2. The van der Waals surface area contributed by atoms with Crippen LogP contribution in [0.4, 0.5) is 0 Å². The minimum atomic E-state index is -3.96. The smallest absolute Gasteiger partial charge is 0.349 e. The first-order chi connectivity index (χ1) is 13.4. The summed E-state index contributed by atoms with van der Waals surface area (Å²) in [4.78, 5) is 26.3. The fourth-order valence-corrected chi connectivity index (χ4v) is 3.26. The first kappa shape index (κ1) is 19.6. The summed E-state index contributed by atoms with van der Waals surface area (Å²) in [5.74, 6) is -0.383. The van der Waals surface area contributed by atoms with Gasteiger partial charge in [0.2, 0.25) is 0 Å². The first-order valence-corrected chi connectivity index (χ1v) is 9.97. The predicted molar refractivity (Wildman–Crippen MR) is 102 cm³/mol. The molecule has 0 bridgehead atoms. The molecule has 0 saturated heterocycles. The lowest BCUT2D eigenvalue weighted by Crippen LogP contribution is -2.42. The van der Waals surface area contributed by atoms with Crippen LogP contribution in [0.25, 0.3) is 11.0 Å². The molecule has 0 radical (unpaired) electrons. The van der Waals surface area contributed by atoms with Gasteiger partial charge in [0.25, 0.3) is 15.9 Å². The molecule has 0 unspecified atom stereocenters. The van der Waals surface area contributed by atoms with Crippen LogP contribution in [0.15, 0.2) is 68.7 Å². The highest BCUT2D eigenvalue weighted by molar-refractivity contribution is 7.89. The molecule has 0 atom stereocenters. The molecule has 2 N–H and O–H groups in total. The summed E-state index contributed by atoms with van der Waals surface area (Å²) in [5.41, 5.74) is 1.06. The summed E-state index contributed by atoms with van der Waals surface area (Å²) < 4.78 is 35.0. The number of nitrogens with one attached hydrogen (secondary N) is 2. The van der Waals surface area contributed by atoms with E-state index in [0.29, 0.717) is 17.7 Å². The number of benzene rings is 2. The Bertz CT molecular complexity index is 1160. The van der Waals surface area contributed by atoms with Crippen molar-refractivity contribution in [3.8, 4) is 5.75 Å². The molecule has 1 heterocycles. The van der Waals surface area contributed by atoms with Gasteiger partial charge in [0.1, 0.15) is 16.9 Å². The Balaban J connectivity index is 1.80. The summed E-state index contributed by atoms with van der Waals surface area (Å²) in [6, 6.07) is 13.7. The Morgan fingerprint density at radius 1 is 1.11 bits per heavy atom. The van der Waals surface area contributed by atoms with E-state index in [9.17, 15) is 18.0 Å². The number of carbonyl (C=O) groups is 1. The standard InChI is InChI=1S/C19H18N2O6S/c1-2-10-26-14-9-8-13-11-16(19(23)27-17(13)12-14)18(22)20-21-28(24,25)15-6-4-3-5-7-15/h3-9,11-12,21H,2,10H2,1H3,(H,20,22). The Kier molecular flexibility index (Phi) is 5.76. The fourth-order valence-electron chi connectivity index (χ4n) is 2.40. The lowest BCUT2D eigenvalue weighted by atomic mass is 10.1. The molecule has 0 spiro atoms. The van der Waals surface area contributed by atoms with E-state index in [2.05, 4.69) is 0 Å². The molecular formula is C19H18N2O6S. The molecule has 1 aromatic heterocycles. The summed E-state index contributed by atoms with van der Waals surface area (Å²) in [5, 5.41) is 0.500. The van der Waals surface area contributed by atoms with Gasteiger partial charge in [0, 0.05) is 11.5 Å². The van der Waals surface area contributed by atoms with Crippen LogP contribution in [-0.2, 0) is 10.0 Å². The molecule has 1 amide bonds. The molecule has 0 saturated carbocycles. The van der Waals surface area contributed by atoms with Crippen molar-refractivity contribution < 1.29 is 22.4 Å². The number of fused-ring (bicyclic) bond motifs is 1. The van der Waals surface area contributed by atoms with E-state index >= 15 is 0 Å². The zero-order chi connectivity index (χ0) is 20.1. The fraction of sp³-hybridized carbons (Fsp3) is 0.158. The van der Waals surface area contributed by atoms with Gasteiger partial charge in [-0.25, -0.2) is 13.2 Å². The third-order valence-electron chi connectivity index (χ3n) is 3.78. The van der Waals surface area contributed by atoms with Gasteiger partial charge in [-0.15, -0.1) is 4.83 Å². The molecule has 3 aromatic rings. The van der Waals surface area contributed by atoms with Crippen molar-refractivity contribution in [2.45, 2.75) is 18.2 Å². The van der Waals surface area contributed by atoms with E-state index in [1.165, 1.54) is 18.2 Å². The molecule has 0 aliphatic rings. The summed E-state index contributed by atoms with van der Waals surface area (Å²) >= 11 is 0. The number of sulfonamides is 1. The Hall–Kier alpha value is -3.17. The van der Waals surface area contributed by atoms with Gasteiger partial charge in [-0.3, -0.25) is 10.2 Å². The van der Waals surface area contributed by atoms with Crippen LogP contribution in [0.2, 0.25) is 0 Å². The monoisotopic (exact) mass is 402 g/mol. The van der Waals surface area contributed by atoms with E-state index in [1.807, 2.05) is 17.2 Å². The lowest BCUT2D eigenvalue weighted by Gasteiger charge is -2.09. The van der Waals surface area contributed by atoms with Crippen LogP contribution in [-0.4, -0.2) is 20.9 Å². The number of amides is 1. The van der Waals surface area contributed by atoms with E-state index in [1.54, 1.807) is 36.4 Å². The maximum atomic E-state index is 12.3. The summed E-state index contributed by atoms with van der Waals surface area (Å²) in [6.07, 6.45) is 0.833. The number of ether oxygens (including phenoxy) is 1. The molecule has 9 heteroatoms. The quantitative estimate of drug-likeness (QED) is 0.463. The molecule has 8 nitrogen and oxygen atoms in total. The van der Waals surface area contributed by atoms with Gasteiger partial charge in [-0.05, 0) is 36.8 Å². The van der Waals surface area contributed by atoms with Gasteiger partial charge in [0.15, 0.2) is 0 Å². The third kappa shape index (κ3) is 4.38. The maximum Gasteiger partial charge on any atom is 0.349 e. The Labute approximate surface area is 161 Å². The van der Waals surface area contributed by atoms with E-state index in [-0.39, 0.29) is 16.0 Å². The van der Waals surface area contributed by atoms with Crippen molar-refractivity contribution in [2.24, 2.45) is 0 Å². The largest absolute Gasteiger partial charge is 0.493 e. The van der Waals surface area contributed by atoms with Crippen molar-refractivity contribution in [1.29, 1.82) is 0 Å². The average Bonchev–Trinajstić information content (AvgIpc) is 2.70. The Morgan fingerprint density at radius 3 is 2.57 bits per heavy atom. The van der Waals surface area contributed by atoms with Gasteiger partial charge in [-0.2, -0.15) is 0 Å². The molecule has 146 valence electrons. The van der Waals surface area contributed by atoms with Gasteiger partial charge >= 0.3 is 5.63 Å². The van der Waals surface area contributed by atoms with Crippen LogP contribution in [0.5, 0.6) is 5.75 Å². The van der Waals surface area contributed by atoms with E-state index in [0.717, 1.165) is 6.42 Å². The van der Waals surface area contributed by atoms with Gasteiger partial charge in [0.05, 0.1) is 11.5 Å². The minimum Gasteiger partial charge on any atom is -0.493 e. The second kappa shape index (κ2) is 8.24. The van der Waals surface area contributed by atoms with Crippen molar-refractivity contribution in [3.63, 3.8) is 0 Å². The molecule has 0 aliphatic heterocycles. The van der Waals surface area contributed by atoms with Crippen molar-refractivity contribution in [1.82, 2.24) is 10.3 Å². The molecule has 28 heavy (non-hydrogen) atoms. The third-order valence-corrected chi connectivity index (χ3v) is 5.04. The van der Waals surface area contributed by atoms with Gasteiger partial charge in [-0.1, -0.05) is 25.1 Å². The number of hydrogen-bond acceptors (Lipinski definition) is 6. The van der Waals surface area contributed by atoms with Crippen molar-refractivity contribution in [2.75, 3.05) is 6.61 Å². The number of hydrazine groups is 1. The van der Waals surface area contributed by atoms with Crippen LogP contribution in [0.3, 0.4) is 0 Å². The highest BCUT2D eigenvalue weighted by Gasteiger charge is 2.18. The maximum absolute atomic E-state index is 12.3. The lowest BCUT2D eigenvalue weighted by molar-refractivity contribution is 0.0941. The summed E-state index contributed by atoms with van der Waals surface area (Å²) in [6.45, 7) is 2.50. The van der Waals surface area contributed by atoms with Crippen LogP contribution < -0.4 is 20.6 Å². The second-order valence-electron chi connectivity index (χ2n) is 5.87. The first-order valence-electron chi connectivity index (χ1n) is 8.48. The van der Waals surface area contributed by atoms with Crippen molar-refractivity contribution in [3.05, 3.63) is 70.6 Å². The highest BCUT2D eigenvalue weighted by Crippen LogP contribution is 2.20. The second-order valence-corrected chi connectivity index (χ2v) is 7.55. The normalized spacial score (nSPS) is 11.3. The zero-order valence-electron chi connectivity index (χ0n) is 15.0. The number of rotatable bonds is 7. The van der Waals surface area contributed by atoms with Crippen LogP contribution in [0.1, 0.15) is 23.7 Å². The van der Waals surface area contributed by atoms with E-state index in [4.69, 9.17) is 9.15 Å². The predicted octanol–water partition coefficient (Wildman–Crippen LogP) is 2.21. The molecule has 0 aliphatic carbocycles. The van der Waals surface area contributed by atoms with Crippen molar-refractivity contribution >= 4 is 26.9 Å². The zero-order valence-corrected chi connectivity index (χ0v) is 15.8. The van der Waals surface area contributed by atoms with Gasteiger partial charge < -0.3 is 9.15 Å². The average molecular weight is 402 g/mol. The van der Waals surface area contributed by atoms with Crippen LogP contribution in [0, 0.1) is 0 Å². The molecule has 2 aromatic carbocycles. The topological polar surface area (TPSA) is 115 Å². The van der Waals surface area contributed by atoms with Crippen LogP contribution >= 0.6 is 0 Å².